The van der Waals surface area contributed by atoms with Crippen molar-refractivity contribution < 1.29 is 19.0 Å². The van der Waals surface area contributed by atoms with Crippen LogP contribution in [-0.4, -0.2) is 35.3 Å². The Morgan fingerprint density at radius 3 is 2.84 bits per heavy atom. The minimum Gasteiger partial charge on any atom is -0.472 e. The number of carbonyl (C=O) groups is 2. The monoisotopic (exact) mass is 344 g/mol. The average molecular weight is 344 g/mol. The number of nitrogens with zero attached hydrogens (tertiary/aromatic N) is 2. The molecule has 0 fully saturated rings. The molecule has 2 N–H and O–H groups in total. The maximum atomic E-state index is 12.2. The Morgan fingerprint density at radius 2 is 2.12 bits per heavy atom. The minimum atomic E-state index is -0.460. The van der Waals surface area contributed by atoms with Gasteiger partial charge in [0.2, 0.25) is 11.8 Å². The van der Waals surface area contributed by atoms with E-state index < -0.39 is 5.92 Å². The normalized spacial score (nSPS) is 15.6. The van der Waals surface area contributed by atoms with Gasteiger partial charge in [-0.3, -0.25) is 9.59 Å². The third kappa shape index (κ3) is 3.62. The van der Waals surface area contributed by atoms with Crippen LogP contribution in [-0.2, 0) is 9.59 Å². The zero-order valence-corrected chi connectivity index (χ0v) is 14.4. The number of nitrogens with one attached hydrogen (secondary N) is 2. The number of hydrogen-bond donors (Lipinski definition) is 2. The van der Waals surface area contributed by atoms with Gasteiger partial charge in [0.15, 0.2) is 0 Å². The molecule has 0 saturated heterocycles. The van der Waals surface area contributed by atoms with Crippen LogP contribution in [0.2, 0.25) is 0 Å². The van der Waals surface area contributed by atoms with Gasteiger partial charge in [-0.2, -0.15) is 0 Å². The van der Waals surface area contributed by atoms with Crippen molar-refractivity contribution in [3.63, 3.8) is 0 Å². The lowest BCUT2D eigenvalue weighted by atomic mass is 9.92. The van der Waals surface area contributed by atoms with E-state index in [-0.39, 0.29) is 24.8 Å². The summed E-state index contributed by atoms with van der Waals surface area (Å²) in [5, 5.41) is 12.8. The van der Waals surface area contributed by atoms with Crippen molar-refractivity contribution in [3.8, 4) is 5.88 Å². The van der Waals surface area contributed by atoms with Gasteiger partial charge in [0.1, 0.15) is 12.3 Å². The van der Waals surface area contributed by atoms with Gasteiger partial charge in [-0.25, -0.2) is 4.63 Å². The van der Waals surface area contributed by atoms with Crippen LogP contribution < -0.4 is 15.4 Å². The van der Waals surface area contributed by atoms with E-state index in [1.165, 1.54) is 0 Å². The van der Waals surface area contributed by atoms with Gasteiger partial charge in [-0.1, -0.05) is 11.2 Å². The van der Waals surface area contributed by atoms with Crippen LogP contribution in [0.15, 0.2) is 16.8 Å². The molecule has 1 aromatic heterocycles. The van der Waals surface area contributed by atoms with E-state index in [0.29, 0.717) is 18.1 Å². The van der Waals surface area contributed by atoms with Crippen LogP contribution in [0.25, 0.3) is 0 Å². The van der Waals surface area contributed by atoms with Crippen molar-refractivity contribution in [2.24, 2.45) is 0 Å². The molecule has 8 heteroatoms. The van der Waals surface area contributed by atoms with Crippen molar-refractivity contribution >= 4 is 17.5 Å². The summed E-state index contributed by atoms with van der Waals surface area (Å²) in [5.74, 6) is -0.492. The number of hydrogen-bond acceptors (Lipinski definition) is 6. The topological polar surface area (TPSA) is 106 Å². The van der Waals surface area contributed by atoms with Crippen LogP contribution in [0.4, 0.5) is 5.69 Å². The van der Waals surface area contributed by atoms with Crippen molar-refractivity contribution in [1.29, 1.82) is 0 Å². The van der Waals surface area contributed by atoms with Gasteiger partial charge < -0.3 is 15.4 Å². The summed E-state index contributed by atoms with van der Waals surface area (Å²) in [6.45, 7) is 6.20. The van der Waals surface area contributed by atoms with Gasteiger partial charge in [0, 0.05) is 12.1 Å². The van der Waals surface area contributed by atoms with E-state index in [1.807, 2.05) is 26.0 Å². The summed E-state index contributed by atoms with van der Waals surface area (Å²) in [5.41, 5.74) is 4.36. The van der Waals surface area contributed by atoms with E-state index in [0.717, 1.165) is 22.4 Å². The fraction of sp³-hybridized carbons (Fsp3) is 0.412. The molecule has 0 unspecified atom stereocenters. The zero-order chi connectivity index (χ0) is 18.0. The van der Waals surface area contributed by atoms with Gasteiger partial charge in [-0.05, 0) is 48.7 Å². The molecule has 8 nitrogen and oxygen atoms in total. The molecule has 0 bridgehead atoms. The molecule has 1 aliphatic rings. The largest absolute Gasteiger partial charge is 0.472 e. The van der Waals surface area contributed by atoms with Gasteiger partial charge in [-0.15, -0.1) is 0 Å². The van der Waals surface area contributed by atoms with Gasteiger partial charge >= 0.3 is 0 Å². The highest BCUT2D eigenvalue weighted by molar-refractivity contribution is 6.05. The van der Waals surface area contributed by atoms with E-state index in [1.54, 1.807) is 6.92 Å². The molecule has 1 aromatic carbocycles. The summed E-state index contributed by atoms with van der Waals surface area (Å²) >= 11 is 0. The molecule has 0 saturated carbocycles. The molecule has 1 atom stereocenters. The molecule has 2 heterocycles. The predicted molar refractivity (Wildman–Crippen MR) is 89.4 cm³/mol. The first-order valence-corrected chi connectivity index (χ1v) is 8.06. The number of anilines is 1. The number of aromatic nitrogens is 2. The number of rotatable bonds is 6. The summed E-state index contributed by atoms with van der Waals surface area (Å²) in [4.78, 5) is 24.4. The van der Waals surface area contributed by atoms with E-state index in [4.69, 9.17) is 4.74 Å². The smallest absolute Gasteiger partial charge is 0.278 e. The Balaban J connectivity index is 1.54. The Kier molecular flexibility index (Phi) is 4.69. The molecular formula is C17H20N4O4. The molecule has 0 radical (unpaired) electrons. The van der Waals surface area contributed by atoms with Crippen LogP contribution in [0, 0.1) is 20.8 Å². The molecule has 2 amide bonds. The Bertz CT molecular complexity index is 815. The highest BCUT2D eigenvalue weighted by Gasteiger charge is 2.33. The van der Waals surface area contributed by atoms with Crippen molar-refractivity contribution in [2.75, 3.05) is 18.5 Å². The van der Waals surface area contributed by atoms with Crippen LogP contribution >= 0.6 is 0 Å². The molecule has 2 aromatic rings. The summed E-state index contributed by atoms with van der Waals surface area (Å²) in [6, 6.07) is 3.95. The second-order valence-corrected chi connectivity index (χ2v) is 6.14. The van der Waals surface area contributed by atoms with E-state index >= 15 is 0 Å². The predicted octanol–water partition coefficient (Wildman–Crippen LogP) is 1.62. The third-order valence-corrected chi connectivity index (χ3v) is 4.12. The summed E-state index contributed by atoms with van der Waals surface area (Å²) < 4.78 is 9.87. The van der Waals surface area contributed by atoms with Crippen molar-refractivity contribution in [1.82, 2.24) is 15.6 Å². The second-order valence-electron chi connectivity index (χ2n) is 6.14. The molecule has 3 rings (SSSR count). The van der Waals surface area contributed by atoms with Crippen molar-refractivity contribution in [2.45, 2.75) is 33.1 Å². The average Bonchev–Trinajstić information content (AvgIpc) is 3.07. The maximum Gasteiger partial charge on any atom is 0.278 e. The SMILES string of the molecule is Cc1cc(C)c2c(c1)NC(=O)[C@H]2CC(=O)NCCOc1nonc1C. The Morgan fingerprint density at radius 1 is 1.32 bits per heavy atom. The fourth-order valence-electron chi connectivity index (χ4n) is 3.04. The third-order valence-electron chi connectivity index (χ3n) is 4.12. The van der Waals surface area contributed by atoms with E-state index in [9.17, 15) is 9.59 Å². The summed E-state index contributed by atoms with van der Waals surface area (Å²) in [6.07, 6.45) is 0.104. The molecule has 132 valence electrons. The van der Waals surface area contributed by atoms with Gasteiger partial charge in [0.05, 0.1) is 12.5 Å². The Labute approximate surface area is 144 Å². The number of aryl methyl sites for hydroxylation is 3. The van der Waals surface area contributed by atoms with E-state index in [2.05, 4.69) is 25.6 Å². The molecule has 0 aliphatic carbocycles. The second kappa shape index (κ2) is 6.92. The highest BCUT2D eigenvalue weighted by Crippen LogP contribution is 2.37. The van der Waals surface area contributed by atoms with Crippen LogP contribution in [0.3, 0.4) is 0 Å². The van der Waals surface area contributed by atoms with Crippen LogP contribution in [0.1, 0.15) is 34.7 Å². The number of amides is 2. The van der Waals surface area contributed by atoms with Gasteiger partial charge in [0.25, 0.3) is 5.88 Å². The first-order valence-electron chi connectivity index (χ1n) is 8.06. The zero-order valence-electron chi connectivity index (χ0n) is 14.4. The number of benzene rings is 1. The molecule has 1 aliphatic heterocycles. The first kappa shape index (κ1) is 16.9. The highest BCUT2D eigenvalue weighted by atomic mass is 16.6. The summed E-state index contributed by atoms with van der Waals surface area (Å²) in [7, 11) is 0. The number of carbonyl (C=O) groups excluding carboxylic acids is 2. The lowest BCUT2D eigenvalue weighted by Gasteiger charge is -2.12. The molecule has 0 spiro atoms. The molecule has 25 heavy (non-hydrogen) atoms. The standard InChI is InChI=1S/C17H20N4O4/c1-9-6-10(2)15-12(16(23)19-13(15)7-9)8-14(22)18-4-5-24-17-11(3)20-25-21-17/h6-7,12H,4-5,8H2,1-3H3,(H,18,22)(H,19,23)/t12-/m0/s1. The Hall–Kier alpha value is -2.90. The maximum absolute atomic E-state index is 12.2. The number of fused-ring (bicyclic) bond motifs is 1. The lowest BCUT2D eigenvalue weighted by Crippen LogP contribution is -2.30. The van der Waals surface area contributed by atoms with Crippen LogP contribution in [0.5, 0.6) is 5.88 Å². The van der Waals surface area contributed by atoms with Crippen molar-refractivity contribution in [3.05, 3.63) is 34.5 Å². The first-order chi connectivity index (χ1) is 12.0. The molecular weight excluding hydrogens is 324 g/mol. The fourth-order valence-corrected chi connectivity index (χ4v) is 3.04. The minimum absolute atomic E-state index is 0.104. The lowest BCUT2D eigenvalue weighted by molar-refractivity contribution is -0.125. The number of ether oxygens (including phenoxy) is 1. The quantitative estimate of drug-likeness (QED) is 0.771.